The number of aromatic hydroxyl groups is 1. The number of ether oxygens (including phenoxy) is 1. The first-order valence-corrected chi connectivity index (χ1v) is 10.9. The van der Waals surface area contributed by atoms with Crippen LogP contribution in [0.3, 0.4) is 0 Å². The molecule has 0 spiro atoms. The van der Waals surface area contributed by atoms with Crippen LogP contribution >= 0.6 is 0 Å². The molecular weight excluding hydrogens is 360 g/mol. The van der Waals surface area contributed by atoms with Crippen LogP contribution in [0.25, 0.3) is 5.57 Å². The van der Waals surface area contributed by atoms with E-state index in [1.807, 2.05) is 19.2 Å². The lowest BCUT2D eigenvalue weighted by Gasteiger charge is -2.47. The van der Waals surface area contributed by atoms with E-state index in [2.05, 4.69) is 56.7 Å². The zero-order valence-electron chi connectivity index (χ0n) is 18.6. The average molecular weight is 395 g/mol. The van der Waals surface area contributed by atoms with Crippen molar-refractivity contribution in [2.24, 2.45) is 5.92 Å². The monoisotopic (exact) mass is 394 g/mol. The largest absolute Gasteiger partial charge is 0.508 e. The molecule has 2 heterocycles. The highest BCUT2D eigenvalue weighted by atomic mass is 16.5. The van der Waals surface area contributed by atoms with Gasteiger partial charge in [-0.15, -0.1) is 0 Å². The number of hydrogen-bond acceptors (Lipinski definition) is 3. The Morgan fingerprint density at radius 3 is 2.72 bits per heavy atom. The number of allylic oxidation sites excluding steroid dienone is 2. The van der Waals surface area contributed by atoms with Crippen LogP contribution in [0.4, 0.5) is 0 Å². The third-order valence-corrected chi connectivity index (χ3v) is 6.96. The van der Waals surface area contributed by atoms with E-state index in [9.17, 15) is 5.11 Å². The van der Waals surface area contributed by atoms with Crippen molar-refractivity contribution in [2.45, 2.75) is 84.2 Å². The Morgan fingerprint density at radius 1 is 1.31 bits per heavy atom. The molecule has 2 aliphatic rings. The number of rotatable bonds is 4. The maximum absolute atomic E-state index is 11.1. The molecule has 0 unspecified atom stereocenters. The summed E-state index contributed by atoms with van der Waals surface area (Å²) >= 11 is 0. The Labute approximate surface area is 174 Å². The second kappa shape index (κ2) is 6.93. The van der Waals surface area contributed by atoms with Gasteiger partial charge in [0.2, 0.25) is 0 Å². The summed E-state index contributed by atoms with van der Waals surface area (Å²) in [4.78, 5) is 7.91. The molecular formula is C25H34N2O2. The number of fused-ring (bicyclic) bond motifs is 3. The maximum atomic E-state index is 11.1. The molecule has 2 N–H and O–H groups in total. The van der Waals surface area contributed by atoms with E-state index < -0.39 is 0 Å². The van der Waals surface area contributed by atoms with Gasteiger partial charge in [0, 0.05) is 29.3 Å². The van der Waals surface area contributed by atoms with E-state index in [0.717, 1.165) is 54.1 Å². The number of H-pyrrole nitrogens is 1. The lowest BCUT2D eigenvalue weighted by atomic mass is 9.66. The summed E-state index contributed by atoms with van der Waals surface area (Å²) in [5, 5.41) is 11.1. The standard InChI is InChI=1S/C25H34N2O2/c1-7-10-24(3,4)17-12-20(28)22-18-11-16(23-26-14-15(2)27-23)8-9-19(18)25(5,6)29-21(22)13-17/h8,12-14,18-19,28H,7,9-11H2,1-6H3,(H,26,27)/t18-,19-/m1/s1. The van der Waals surface area contributed by atoms with Crippen molar-refractivity contribution in [3.05, 3.63) is 47.1 Å². The van der Waals surface area contributed by atoms with Crippen LogP contribution in [0.1, 0.15) is 88.9 Å². The van der Waals surface area contributed by atoms with E-state index in [4.69, 9.17) is 4.74 Å². The molecule has 0 bridgehead atoms. The van der Waals surface area contributed by atoms with Crippen LogP contribution < -0.4 is 4.74 Å². The lowest BCUT2D eigenvalue weighted by molar-refractivity contribution is 0.00906. The number of hydrogen-bond donors (Lipinski definition) is 2. The Hall–Kier alpha value is -2.23. The predicted octanol–water partition coefficient (Wildman–Crippen LogP) is 6.25. The van der Waals surface area contributed by atoms with Crippen molar-refractivity contribution < 1.29 is 9.84 Å². The molecule has 0 amide bonds. The summed E-state index contributed by atoms with van der Waals surface area (Å²) in [6.07, 6.45) is 8.15. The zero-order valence-corrected chi connectivity index (χ0v) is 18.6. The molecule has 4 rings (SSSR count). The van der Waals surface area contributed by atoms with Crippen molar-refractivity contribution in [1.82, 2.24) is 9.97 Å². The molecule has 1 aliphatic carbocycles. The highest BCUT2D eigenvalue weighted by molar-refractivity contribution is 5.65. The maximum Gasteiger partial charge on any atom is 0.133 e. The predicted molar refractivity (Wildman–Crippen MR) is 118 cm³/mol. The number of phenols is 1. The first-order valence-electron chi connectivity index (χ1n) is 10.9. The van der Waals surface area contributed by atoms with Gasteiger partial charge in [0.25, 0.3) is 0 Å². The van der Waals surface area contributed by atoms with Gasteiger partial charge in [0.1, 0.15) is 22.9 Å². The van der Waals surface area contributed by atoms with Gasteiger partial charge >= 0.3 is 0 Å². The molecule has 156 valence electrons. The molecule has 2 atom stereocenters. The zero-order chi connectivity index (χ0) is 21.0. The number of benzene rings is 1. The van der Waals surface area contributed by atoms with E-state index >= 15 is 0 Å². The summed E-state index contributed by atoms with van der Waals surface area (Å²) in [5.41, 5.74) is 4.16. The fourth-order valence-electron chi connectivity index (χ4n) is 5.32. The van der Waals surface area contributed by atoms with E-state index in [1.165, 1.54) is 5.57 Å². The van der Waals surface area contributed by atoms with Crippen LogP contribution in [0.5, 0.6) is 11.5 Å². The Bertz CT molecular complexity index is 952. The highest BCUT2D eigenvalue weighted by Gasteiger charge is 2.46. The molecule has 1 aliphatic heterocycles. The number of nitrogens with one attached hydrogen (secondary N) is 1. The number of aromatic amines is 1. The van der Waals surface area contributed by atoms with Gasteiger partial charge in [-0.05, 0) is 68.7 Å². The van der Waals surface area contributed by atoms with Crippen LogP contribution in [0.2, 0.25) is 0 Å². The number of aryl methyl sites for hydroxylation is 1. The summed E-state index contributed by atoms with van der Waals surface area (Å²) in [7, 11) is 0. The number of aromatic nitrogens is 2. The molecule has 1 aromatic carbocycles. The molecule has 0 saturated carbocycles. The van der Waals surface area contributed by atoms with Gasteiger partial charge in [0.05, 0.1) is 0 Å². The molecule has 0 saturated heterocycles. The molecule has 4 heteroatoms. The van der Waals surface area contributed by atoms with Crippen molar-refractivity contribution in [2.75, 3.05) is 0 Å². The SMILES string of the molecule is CCCC(C)(C)c1cc(O)c2c(c1)OC(C)(C)[C@@H]1CC=C(c3ncc(C)[nH]3)C[C@@H]21. The van der Waals surface area contributed by atoms with Gasteiger partial charge < -0.3 is 14.8 Å². The van der Waals surface area contributed by atoms with Gasteiger partial charge in [-0.1, -0.05) is 33.3 Å². The number of nitrogens with zero attached hydrogens (tertiary/aromatic N) is 1. The number of phenolic OH excluding ortho intramolecular Hbond substituents is 1. The minimum Gasteiger partial charge on any atom is -0.508 e. The average Bonchev–Trinajstić information content (AvgIpc) is 3.06. The Kier molecular flexibility index (Phi) is 4.79. The van der Waals surface area contributed by atoms with Gasteiger partial charge in [-0.25, -0.2) is 4.98 Å². The first kappa shape index (κ1) is 20.1. The van der Waals surface area contributed by atoms with Crippen LogP contribution in [-0.2, 0) is 5.41 Å². The quantitative estimate of drug-likeness (QED) is 0.644. The molecule has 4 nitrogen and oxygen atoms in total. The lowest BCUT2D eigenvalue weighted by Crippen LogP contribution is -2.45. The van der Waals surface area contributed by atoms with Gasteiger partial charge in [-0.3, -0.25) is 0 Å². The minimum atomic E-state index is -0.279. The smallest absolute Gasteiger partial charge is 0.133 e. The van der Waals surface area contributed by atoms with Crippen molar-refractivity contribution in [1.29, 1.82) is 0 Å². The topological polar surface area (TPSA) is 58.1 Å². The first-order chi connectivity index (χ1) is 13.6. The molecule has 1 aromatic heterocycles. The fraction of sp³-hybridized carbons (Fsp3) is 0.560. The van der Waals surface area contributed by atoms with E-state index in [0.29, 0.717) is 11.7 Å². The van der Waals surface area contributed by atoms with Crippen LogP contribution in [0.15, 0.2) is 24.4 Å². The summed E-state index contributed by atoms with van der Waals surface area (Å²) in [5.74, 6) is 2.74. The number of imidazole rings is 1. The Balaban J connectivity index is 1.77. The normalized spacial score (nSPS) is 23.0. The van der Waals surface area contributed by atoms with Crippen LogP contribution in [-0.4, -0.2) is 20.7 Å². The van der Waals surface area contributed by atoms with E-state index in [-0.39, 0.29) is 16.9 Å². The highest BCUT2D eigenvalue weighted by Crippen LogP contribution is 2.55. The van der Waals surface area contributed by atoms with Crippen molar-refractivity contribution in [3.8, 4) is 11.5 Å². The van der Waals surface area contributed by atoms with Crippen molar-refractivity contribution in [3.63, 3.8) is 0 Å². The van der Waals surface area contributed by atoms with E-state index in [1.54, 1.807) is 0 Å². The molecule has 29 heavy (non-hydrogen) atoms. The summed E-state index contributed by atoms with van der Waals surface area (Å²) < 4.78 is 6.52. The summed E-state index contributed by atoms with van der Waals surface area (Å²) in [6.45, 7) is 13.1. The second-order valence-corrected chi connectivity index (χ2v) is 10.0. The van der Waals surface area contributed by atoms with Crippen LogP contribution in [0, 0.1) is 12.8 Å². The van der Waals surface area contributed by atoms with Gasteiger partial charge in [0.15, 0.2) is 0 Å². The van der Waals surface area contributed by atoms with Gasteiger partial charge in [-0.2, -0.15) is 0 Å². The third kappa shape index (κ3) is 3.47. The van der Waals surface area contributed by atoms with Crippen molar-refractivity contribution >= 4 is 5.57 Å². The molecule has 0 radical (unpaired) electrons. The fourth-order valence-corrected chi connectivity index (χ4v) is 5.32. The molecule has 0 fully saturated rings. The summed E-state index contributed by atoms with van der Waals surface area (Å²) in [6, 6.07) is 4.15. The Morgan fingerprint density at radius 2 is 2.07 bits per heavy atom. The molecule has 2 aromatic rings. The third-order valence-electron chi connectivity index (χ3n) is 6.96. The minimum absolute atomic E-state index is 0.00886. The second-order valence-electron chi connectivity index (χ2n) is 10.0.